The van der Waals surface area contributed by atoms with E-state index in [0.29, 0.717) is 0 Å². The second-order valence-electron chi connectivity index (χ2n) is 4.68. The van der Waals surface area contributed by atoms with Gasteiger partial charge in [-0.15, -0.1) is 0 Å². The van der Waals surface area contributed by atoms with Crippen LogP contribution in [0.15, 0.2) is 30.6 Å². The van der Waals surface area contributed by atoms with Crippen molar-refractivity contribution in [2.45, 2.75) is 25.8 Å². The molecule has 0 bridgehead atoms. The first kappa shape index (κ1) is 13.1. The molecule has 96 valence electrons. The second-order valence-corrected chi connectivity index (χ2v) is 5.08. The minimum absolute atomic E-state index is 0.0428. The largest absolute Gasteiger partial charge is 0.324 e. The summed E-state index contributed by atoms with van der Waals surface area (Å²) in [4.78, 5) is 0. The van der Waals surface area contributed by atoms with Crippen molar-refractivity contribution >= 4 is 11.6 Å². The van der Waals surface area contributed by atoms with Crippen LogP contribution in [0.25, 0.3) is 0 Å². The third-order valence-electron chi connectivity index (χ3n) is 3.11. The van der Waals surface area contributed by atoms with E-state index in [1.807, 2.05) is 43.2 Å². The zero-order chi connectivity index (χ0) is 13.1. The van der Waals surface area contributed by atoms with Crippen LogP contribution >= 0.6 is 11.6 Å². The minimum atomic E-state index is 0.0428. The van der Waals surface area contributed by atoms with Gasteiger partial charge in [-0.25, -0.2) is 0 Å². The van der Waals surface area contributed by atoms with Gasteiger partial charge in [0.25, 0.3) is 0 Å². The van der Waals surface area contributed by atoms with Crippen molar-refractivity contribution in [1.82, 2.24) is 9.78 Å². The first-order valence-corrected chi connectivity index (χ1v) is 6.43. The molecule has 1 aromatic heterocycles. The Balaban J connectivity index is 1.99. The Bertz CT molecular complexity index is 534. The molecule has 1 atom stereocenters. The van der Waals surface area contributed by atoms with Crippen molar-refractivity contribution in [3.05, 3.63) is 52.3 Å². The topological polar surface area (TPSA) is 43.8 Å². The molecule has 1 aromatic carbocycles. The van der Waals surface area contributed by atoms with Gasteiger partial charge in [0.1, 0.15) is 0 Å². The zero-order valence-corrected chi connectivity index (χ0v) is 11.5. The molecule has 0 saturated carbocycles. The van der Waals surface area contributed by atoms with Gasteiger partial charge in [0.2, 0.25) is 0 Å². The molecule has 3 nitrogen and oxygen atoms in total. The number of nitrogens with zero attached hydrogens (tertiary/aromatic N) is 2. The van der Waals surface area contributed by atoms with Crippen molar-refractivity contribution in [3.63, 3.8) is 0 Å². The lowest BCUT2D eigenvalue weighted by Gasteiger charge is -2.12. The number of hydrogen-bond donors (Lipinski definition) is 1. The Morgan fingerprint density at radius 3 is 2.83 bits per heavy atom. The molecular formula is C14H18ClN3. The maximum atomic E-state index is 6.20. The Hall–Kier alpha value is -1.32. The summed E-state index contributed by atoms with van der Waals surface area (Å²) in [6.07, 6.45) is 5.77. The van der Waals surface area contributed by atoms with Gasteiger partial charge in [0.05, 0.1) is 6.20 Å². The van der Waals surface area contributed by atoms with Crippen LogP contribution in [-0.4, -0.2) is 9.78 Å². The molecule has 0 fully saturated rings. The molecule has 0 amide bonds. The second kappa shape index (κ2) is 5.55. The SMILES string of the molecule is Cc1cc(C(N)CCc2cnn(C)c2)ccc1Cl. The average molecular weight is 264 g/mol. The van der Waals surface area contributed by atoms with Gasteiger partial charge < -0.3 is 5.73 Å². The highest BCUT2D eigenvalue weighted by atomic mass is 35.5. The van der Waals surface area contributed by atoms with E-state index in [1.54, 1.807) is 0 Å². The number of halogens is 1. The van der Waals surface area contributed by atoms with Crippen LogP contribution in [0.2, 0.25) is 5.02 Å². The summed E-state index contributed by atoms with van der Waals surface area (Å²) < 4.78 is 1.81. The van der Waals surface area contributed by atoms with E-state index >= 15 is 0 Å². The van der Waals surface area contributed by atoms with Gasteiger partial charge in [0.15, 0.2) is 0 Å². The van der Waals surface area contributed by atoms with E-state index in [-0.39, 0.29) is 6.04 Å². The molecule has 4 heteroatoms. The molecule has 2 rings (SSSR count). The number of aryl methyl sites for hydroxylation is 3. The molecule has 0 spiro atoms. The summed E-state index contributed by atoms with van der Waals surface area (Å²) in [5, 5.41) is 4.94. The van der Waals surface area contributed by atoms with Gasteiger partial charge >= 0.3 is 0 Å². The maximum Gasteiger partial charge on any atom is 0.0521 e. The van der Waals surface area contributed by atoms with Crippen molar-refractivity contribution < 1.29 is 0 Å². The summed E-state index contributed by atoms with van der Waals surface area (Å²) in [5.74, 6) is 0. The van der Waals surface area contributed by atoms with E-state index in [4.69, 9.17) is 17.3 Å². The van der Waals surface area contributed by atoms with E-state index in [2.05, 4.69) is 11.2 Å². The van der Waals surface area contributed by atoms with E-state index in [0.717, 1.165) is 29.0 Å². The van der Waals surface area contributed by atoms with Crippen molar-refractivity contribution in [1.29, 1.82) is 0 Å². The van der Waals surface area contributed by atoms with Crippen LogP contribution in [0.4, 0.5) is 0 Å². The first-order chi connectivity index (χ1) is 8.56. The lowest BCUT2D eigenvalue weighted by atomic mass is 9.99. The first-order valence-electron chi connectivity index (χ1n) is 6.05. The molecule has 0 aliphatic heterocycles. The molecule has 0 radical (unpaired) electrons. The van der Waals surface area contributed by atoms with E-state index in [9.17, 15) is 0 Å². The zero-order valence-electron chi connectivity index (χ0n) is 10.7. The van der Waals surface area contributed by atoms with Gasteiger partial charge in [-0.2, -0.15) is 5.10 Å². The van der Waals surface area contributed by atoms with Crippen molar-refractivity contribution in [2.24, 2.45) is 12.8 Å². The lowest BCUT2D eigenvalue weighted by molar-refractivity contribution is 0.650. The fourth-order valence-corrected chi connectivity index (χ4v) is 2.11. The standard InChI is InChI=1S/C14H18ClN3/c1-10-7-12(4-5-13(10)15)14(16)6-3-11-8-17-18(2)9-11/h4-5,7-9,14H,3,6,16H2,1-2H3. The maximum absolute atomic E-state index is 6.20. The monoisotopic (exact) mass is 263 g/mol. The van der Waals surface area contributed by atoms with Gasteiger partial charge in [-0.05, 0) is 42.5 Å². The summed E-state index contributed by atoms with van der Waals surface area (Å²) in [5.41, 5.74) is 9.63. The molecule has 18 heavy (non-hydrogen) atoms. The van der Waals surface area contributed by atoms with Gasteiger partial charge in [0, 0.05) is 24.3 Å². The molecule has 1 unspecified atom stereocenters. The van der Waals surface area contributed by atoms with Gasteiger partial charge in [-0.3, -0.25) is 4.68 Å². The summed E-state index contributed by atoms with van der Waals surface area (Å²) in [7, 11) is 1.92. The molecule has 0 aliphatic carbocycles. The highest BCUT2D eigenvalue weighted by Crippen LogP contribution is 2.22. The molecule has 2 N–H and O–H groups in total. The highest BCUT2D eigenvalue weighted by Gasteiger charge is 2.08. The fraction of sp³-hybridized carbons (Fsp3) is 0.357. The van der Waals surface area contributed by atoms with E-state index < -0.39 is 0 Å². The number of benzene rings is 1. The van der Waals surface area contributed by atoms with Crippen molar-refractivity contribution in [2.75, 3.05) is 0 Å². The van der Waals surface area contributed by atoms with Crippen molar-refractivity contribution in [3.8, 4) is 0 Å². The number of rotatable bonds is 4. The Labute approximate surface area is 113 Å². The predicted octanol–water partition coefficient (Wildman–Crippen LogP) is 3.01. The summed E-state index contributed by atoms with van der Waals surface area (Å²) >= 11 is 6.01. The van der Waals surface area contributed by atoms with Crippen LogP contribution in [0.3, 0.4) is 0 Å². The number of hydrogen-bond acceptors (Lipinski definition) is 2. The molecular weight excluding hydrogens is 246 g/mol. The van der Waals surface area contributed by atoms with Gasteiger partial charge in [-0.1, -0.05) is 23.7 Å². The Morgan fingerprint density at radius 2 is 2.22 bits per heavy atom. The molecule has 1 heterocycles. The number of nitrogens with two attached hydrogens (primary N) is 1. The lowest BCUT2D eigenvalue weighted by Crippen LogP contribution is -2.11. The van der Waals surface area contributed by atoms with E-state index in [1.165, 1.54) is 5.56 Å². The molecule has 0 aliphatic rings. The summed E-state index contributed by atoms with van der Waals surface area (Å²) in [6, 6.07) is 6.02. The Morgan fingerprint density at radius 1 is 1.44 bits per heavy atom. The van der Waals surface area contributed by atoms with Crippen LogP contribution in [-0.2, 0) is 13.5 Å². The minimum Gasteiger partial charge on any atom is -0.324 e. The average Bonchev–Trinajstić information content (AvgIpc) is 2.75. The van der Waals surface area contributed by atoms with Crippen LogP contribution in [0.5, 0.6) is 0 Å². The predicted molar refractivity (Wildman–Crippen MR) is 74.6 cm³/mol. The molecule has 0 saturated heterocycles. The normalized spacial score (nSPS) is 12.7. The van der Waals surface area contributed by atoms with Crippen LogP contribution < -0.4 is 5.73 Å². The van der Waals surface area contributed by atoms with Crippen LogP contribution in [0.1, 0.15) is 29.2 Å². The summed E-state index contributed by atoms with van der Waals surface area (Å²) in [6.45, 7) is 2.00. The van der Waals surface area contributed by atoms with Crippen LogP contribution in [0, 0.1) is 6.92 Å². The third kappa shape index (κ3) is 3.12. The number of aromatic nitrogens is 2. The Kier molecular flexibility index (Phi) is 4.04. The highest BCUT2D eigenvalue weighted by molar-refractivity contribution is 6.31. The molecule has 2 aromatic rings. The smallest absolute Gasteiger partial charge is 0.0521 e. The fourth-order valence-electron chi connectivity index (χ4n) is 1.99. The third-order valence-corrected chi connectivity index (χ3v) is 3.54. The quantitative estimate of drug-likeness (QED) is 0.922.